The number of pyridine rings is 1. The number of nitrogens with zero attached hydrogens (tertiary/aromatic N) is 4. The van der Waals surface area contributed by atoms with E-state index in [9.17, 15) is 8.78 Å². The highest BCUT2D eigenvalue weighted by atomic mass is 19.1. The lowest BCUT2D eigenvalue weighted by Crippen LogP contribution is -2.39. The van der Waals surface area contributed by atoms with Crippen LogP contribution < -0.4 is 5.32 Å². The fourth-order valence-electron chi connectivity index (χ4n) is 3.25. The molecule has 0 bridgehead atoms. The molecule has 1 aliphatic carbocycles. The Morgan fingerprint density at radius 3 is 2.48 bits per heavy atom. The van der Waals surface area contributed by atoms with Crippen molar-refractivity contribution >= 4 is 5.82 Å². The van der Waals surface area contributed by atoms with Crippen molar-refractivity contribution in [3.63, 3.8) is 0 Å². The van der Waals surface area contributed by atoms with Crippen molar-refractivity contribution < 1.29 is 8.78 Å². The molecule has 1 aliphatic heterocycles. The number of hydrogen-bond acceptors (Lipinski definition) is 5. The number of hydrogen-bond donors (Lipinski definition) is 1. The largest absolute Gasteiger partial charge is 0.367 e. The summed E-state index contributed by atoms with van der Waals surface area (Å²) >= 11 is 0. The molecule has 5 nitrogen and oxygen atoms in total. The van der Waals surface area contributed by atoms with Gasteiger partial charge in [0.1, 0.15) is 23.3 Å². The molecule has 4 rings (SSSR count). The molecule has 0 amide bonds. The Morgan fingerprint density at radius 2 is 1.80 bits per heavy atom. The highest BCUT2D eigenvalue weighted by Crippen LogP contribution is 2.38. The van der Waals surface area contributed by atoms with Crippen LogP contribution in [-0.2, 0) is 6.54 Å². The van der Waals surface area contributed by atoms with Crippen LogP contribution >= 0.6 is 0 Å². The van der Waals surface area contributed by atoms with Gasteiger partial charge in [0.2, 0.25) is 0 Å². The predicted molar refractivity (Wildman–Crippen MR) is 90.1 cm³/mol. The summed E-state index contributed by atoms with van der Waals surface area (Å²) in [6.07, 6.45) is 8.15. The normalized spacial score (nSPS) is 19.1. The predicted octanol–water partition coefficient (Wildman–Crippen LogP) is 3.10. The fraction of sp³-hybridized carbons (Fsp3) is 0.500. The third kappa shape index (κ3) is 3.92. The maximum absolute atomic E-state index is 13.7. The number of piperidine rings is 1. The number of halogens is 2. The van der Waals surface area contributed by atoms with Crippen molar-refractivity contribution in [2.45, 2.75) is 44.2 Å². The summed E-state index contributed by atoms with van der Waals surface area (Å²) in [4.78, 5) is 14.5. The van der Waals surface area contributed by atoms with Crippen LogP contribution in [0.5, 0.6) is 0 Å². The number of aromatic nitrogens is 3. The maximum atomic E-state index is 13.7. The first-order chi connectivity index (χ1) is 12.2. The Balaban J connectivity index is 1.32. The van der Waals surface area contributed by atoms with Gasteiger partial charge in [-0.25, -0.2) is 18.7 Å². The summed E-state index contributed by atoms with van der Waals surface area (Å²) in [5, 5.41) is 3.48. The SMILES string of the molecule is Fc1cncc(F)c1CN1CCC(Nc2ccnc(C3CC3)n2)CC1. The van der Waals surface area contributed by atoms with Crippen molar-refractivity contribution in [2.24, 2.45) is 0 Å². The van der Waals surface area contributed by atoms with Crippen molar-refractivity contribution in [3.8, 4) is 0 Å². The van der Waals surface area contributed by atoms with Gasteiger partial charge in [-0.1, -0.05) is 0 Å². The van der Waals surface area contributed by atoms with E-state index in [0.29, 0.717) is 12.0 Å². The van der Waals surface area contributed by atoms with Crippen molar-refractivity contribution in [1.29, 1.82) is 0 Å². The van der Waals surface area contributed by atoms with Gasteiger partial charge in [-0.3, -0.25) is 9.88 Å². The van der Waals surface area contributed by atoms with E-state index < -0.39 is 11.6 Å². The van der Waals surface area contributed by atoms with Gasteiger partial charge in [-0.15, -0.1) is 0 Å². The van der Waals surface area contributed by atoms with Gasteiger partial charge in [0.15, 0.2) is 0 Å². The molecule has 0 aromatic carbocycles. The molecule has 1 saturated carbocycles. The summed E-state index contributed by atoms with van der Waals surface area (Å²) < 4.78 is 27.4. The standard InChI is InChI=1S/C18H21F2N5/c19-15-9-21-10-16(20)14(15)11-25-7-4-13(5-8-25)23-17-3-6-22-18(24-17)12-1-2-12/h3,6,9-10,12-13H,1-2,4-5,7-8,11H2,(H,22,23,24). The zero-order valence-electron chi connectivity index (χ0n) is 14.0. The number of rotatable bonds is 5. The van der Waals surface area contributed by atoms with E-state index in [0.717, 1.165) is 50.0 Å². The van der Waals surface area contributed by atoms with Crippen molar-refractivity contribution in [2.75, 3.05) is 18.4 Å². The van der Waals surface area contributed by atoms with E-state index in [-0.39, 0.29) is 12.1 Å². The zero-order chi connectivity index (χ0) is 17.2. The molecule has 1 N–H and O–H groups in total. The molecule has 0 atom stereocenters. The van der Waals surface area contributed by atoms with E-state index >= 15 is 0 Å². The van der Waals surface area contributed by atoms with Crippen LogP contribution in [0.15, 0.2) is 24.7 Å². The summed E-state index contributed by atoms with van der Waals surface area (Å²) in [7, 11) is 0. The summed E-state index contributed by atoms with van der Waals surface area (Å²) in [6.45, 7) is 1.87. The Hall–Kier alpha value is -2.15. The molecule has 0 radical (unpaired) electrons. The highest BCUT2D eigenvalue weighted by Gasteiger charge is 2.27. The second-order valence-electron chi connectivity index (χ2n) is 6.85. The lowest BCUT2D eigenvalue weighted by atomic mass is 10.0. The Labute approximate surface area is 145 Å². The van der Waals surface area contributed by atoms with Crippen LogP contribution in [0.4, 0.5) is 14.6 Å². The minimum absolute atomic E-state index is 0.103. The van der Waals surface area contributed by atoms with Crippen molar-refractivity contribution in [1.82, 2.24) is 19.9 Å². The molecule has 132 valence electrons. The third-order valence-electron chi connectivity index (χ3n) is 4.89. The molecule has 0 unspecified atom stereocenters. The average molecular weight is 345 g/mol. The summed E-state index contributed by atoms with van der Waals surface area (Å²) in [5.41, 5.74) is 0.103. The Bertz CT molecular complexity index is 722. The van der Waals surface area contributed by atoms with Crippen LogP contribution in [0.1, 0.15) is 43.0 Å². The summed E-state index contributed by atoms with van der Waals surface area (Å²) in [6, 6.07) is 2.23. The van der Waals surface area contributed by atoms with Crippen LogP contribution in [0, 0.1) is 11.6 Å². The summed E-state index contributed by atoms with van der Waals surface area (Å²) in [5.74, 6) is 1.20. The Morgan fingerprint density at radius 1 is 1.08 bits per heavy atom. The minimum atomic E-state index is -0.575. The first-order valence-electron chi connectivity index (χ1n) is 8.79. The molecule has 2 aliphatic rings. The smallest absolute Gasteiger partial charge is 0.148 e. The van der Waals surface area contributed by atoms with Crippen LogP contribution in [0.25, 0.3) is 0 Å². The minimum Gasteiger partial charge on any atom is -0.367 e. The lowest BCUT2D eigenvalue weighted by Gasteiger charge is -2.32. The van der Waals surface area contributed by atoms with E-state index in [1.54, 1.807) is 0 Å². The van der Waals surface area contributed by atoms with Crippen LogP contribution in [0.2, 0.25) is 0 Å². The van der Waals surface area contributed by atoms with Gasteiger partial charge < -0.3 is 5.32 Å². The van der Waals surface area contributed by atoms with Gasteiger partial charge in [-0.2, -0.15) is 0 Å². The van der Waals surface area contributed by atoms with E-state index in [4.69, 9.17) is 0 Å². The van der Waals surface area contributed by atoms with E-state index in [1.807, 2.05) is 12.3 Å². The molecule has 2 aromatic heterocycles. The molecule has 3 heterocycles. The molecule has 2 aromatic rings. The first-order valence-corrected chi connectivity index (χ1v) is 8.79. The maximum Gasteiger partial charge on any atom is 0.148 e. The lowest BCUT2D eigenvalue weighted by molar-refractivity contribution is 0.206. The molecule has 25 heavy (non-hydrogen) atoms. The van der Waals surface area contributed by atoms with Crippen LogP contribution in [0.3, 0.4) is 0 Å². The average Bonchev–Trinajstić information content (AvgIpc) is 3.45. The van der Waals surface area contributed by atoms with Gasteiger partial charge in [0.25, 0.3) is 0 Å². The highest BCUT2D eigenvalue weighted by molar-refractivity contribution is 5.35. The Kier molecular flexibility index (Phi) is 4.57. The van der Waals surface area contributed by atoms with E-state index in [1.165, 1.54) is 12.8 Å². The zero-order valence-corrected chi connectivity index (χ0v) is 14.0. The number of likely N-dealkylation sites (tertiary alicyclic amines) is 1. The molecule has 7 heteroatoms. The molecule has 2 fully saturated rings. The molecular formula is C18H21F2N5. The second kappa shape index (κ2) is 7.00. The topological polar surface area (TPSA) is 53.9 Å². The third-order valence-corrected chi connectivity index (χ3v) is 4.89. The second-order valence-corrected chi connectivity index (χ2v) is 6.85. The van der Waals surface area contributed by atoms with E-state index in [2.05, 4.69) is 25.2 Å². The van der Waals surface area contributed by atoms with Crippen molar-refractivity contribution in [3.05, 3.63) is 47.7 Å². The number of anilines is 1. The number of nitrogens with one attached hydrogen (secondary N) is 1. The van der Waals surface area contributed by atoms with Gasteiger partial charge in [0, 0.05) is 43.4 Å². The van der Waals surface area contributed by atoms with Crippen LogP contribution in [-0.4, -0.2) is 39.0 Å². The fourth-order valence-corrected chi connectivity index (χ4v) is 3.25. The molecular weight excluding hydrogens is 324 g/mol. The monoisotopic (exact) mass is 345 g/mol. The van der Waals surface area contributed by atoms with Gasteiger partial charge >= 0.3 is 0 Å². The van der Waals surface area contributed by atoms with Gasteiger partial charge in [-0.05, 0) is 31.7 Å². The van der Waals surface area contributed by atoms with Gasteiger partial charge in [0.05, 0.1) is 12.4 Å². The first kappa shape index (κ1) is 16.3. The molecule has 0 spiro atoms. The quantitative estimate of drug-likeness (QED) is 0.902. The molecule has 1 saturated heterocycles.